The second-order valence-electron chi connectivity index (χ2n) is 13.7. The number of halogens is 3. The third-order valence-electron chi connectivity index (χ3n) is 9.69. The maximum atomic E-state index is 14.3. The molecule has 0 bridgehead atoms. The van der Waals surface area contributed by atoms with E-state index in [9.17, 15) is 42.3 Å². The number of hydrogen-bond acceptors (Lipinski definition) is 7. The lowest BCUT2D eigenvalue weighted by atomic mass is 9.83. The number of rotatable bonds is 11. The van der Waals surface area contributed by atoms with E-state index in [0.717, 1.165) is 38.2 Å². The molecule has 2 aromatic rings. The van der Waals surface area contributed by atoms with Crippen LogP contribution in [0, 0.1) is 11.8 Å². The predicted octanol–water partition coefficient (Wildman–Crippen LogP) is 4.27. The maximum absolute atomic E-state index is 14.3. The standard InChI is InChI=1S/C34H42F3N5O6S/c1-18(2)26(40-30(45)27(39-19(3)43)20-8-5-4-6-9-20)31(46)42-17-21(16-24(42)29(44)41-33(13-14-33)32(47)48)49-25-12-15-38-28-22(25)10-7-11-23(28)34(35,36)37/h7,10-12,15,18,20-21,24,26-27H,4-6,8-9,13-14,16-17H2,1-3H3,(H,39,43)(H,40,45)(H,41,44)(H,47,48)/t21-,24?,26+,27+/m1/s1. The highest BCUT2D eigenvalue weighted by Crippen LogP contribution is 2.41. The van der Waals surface area contributed by atoms with Crippen LogP contribution in [0.25, 0.3) is 10.9 Å². The molecule has 4 N–H and O–H groups in total. The van der Waals surface area contributed by atoms with Crippen LogP contribution in [0.15, 0.2) is 35.4 Å². The van der Waals surface area contributed by atoms with Gasteiger partial charge in [-0.25, -0.2) is 4.79 Å². The maximum Gasteiger partial charge on any atom is 0.418 e. The zero-order chi connectivity index (χ0) is 35.7. The summed E-state index contributed by atoms with van der Waals surface area (Å²) in [7, 11) is 0. The van der Waals surface area contributed by atoms with Gasteiger partial charge in [-0.05, 0) is 56.1 Å². The Bertz CT molecular complexity index is 1610. The van der Waals surface area contributed by atoms with Gasteiger partial charge in [0.25, 0.3) is 0 Å². The van der Waals surface area contributed by atoms with Gasteiger partial charge in [0, 0.05) is 35.2 Å². The molecule has 3 aliphatic rings. The predicted molar refractivity (Wildman–Crippen MR) is 175 cm³/mol. The Morgan fingerprint density at radius 2 is 1.73 bits per heavy atom. The highest BCUT2D eigenvalue weighted by atomic mass is 32.2. The van der Waals surface area contributed by atoms with E-state index in [1.807, 2.05) is 0 Å². The molecule has 4 atom stereocenters. The van der Waals surface area contributed by atoms with Crippen molar-refractivity contribution in [2.24, 2.45) is 11.8 Å². The number of nitrogens with zero attached hydrogens (tertiary/aromatic N) is 2. The normalized spacial score (nSPS) is 22.0. The highest BCUT2D eigenvalue weighted by molar-refractivity contribution is 8.00. The van der Waals surface area contributed by atoms with Crippen molar-refractivity contribution in [1.29, 1.82) is 0 Å². The summed E-state index contributed by atoms with van der Waals surface area (Å²) < 4.78 is 41.3. The number of aliphatic carboxylic acids is 1. The minimum atomic E-state index is -4.62. The summed E-state index contributed by atoms with van der Waals surface area (Å²) in [6.45, 7) is 4.85. The van der Waals surface area contributed by atoms with E-state index in [1.54, 1.807) is 19.9 Å². The molecule has 5 rings (SSSR count). The van der Waals surface area contributed by atoms with Crippen LogP contribution >= 0.6 is 11.8 Å². The van der Waals surface area contributed by atoms with Gasteiger partial charge in [-0.2, -0.15) is 13.2 Å². The number of para-hydroxylation sites is 1. The number of thioether (sulfide) groups is 1. The van der Waals surface area contributed by atoms with Crippen molar-refractivity contribution in [2.75, 3.05) is 6.54 Å². The van der Waals surface area contributed by atoms with Crippen molar-refractivity contribution in [3.05, 3.63) is 36.0 Å². The molecule has 0 spiro atoms. The monoisotopic (exact) mass is 705 g/mol. The van der Waals surface area contributed by atoms with Gasteiger partial charge in [-0.3, -0.25) is 24.2 Å². The quantitative estimate of drug-likeness (QED) is 0.270. The zero-order valence-corrected chi connectivity index (χ0v) is 28.5. The Morgan fingerprint density at radius 3 is 2.33 bits per heavy atom. The lowest BCUT2D eigenvalue weighted by molar-refractivity contribution is -0.146. The largest absolute Gasteiger partial charge is 0.480 e. The number of amides is 4. The van der Waals surface area contributed by atoms with E-state index in [4.69, 9.17) is 0 Å². The summed E-state index contributed by atoms with van der Waals surface area (Å²) in [5.74, 6) is -3.75. The van der Waals surface area contributed by atoms with Crippen LogP contribution in [-0.4, -0.2) is 80.0 Å². The lowest BCUT2D eigenvalue weighted by Gasteiger charge is -2.34. The van der Waals surface area contributed by atoms with Crippen molar-refractivity contribution >= 4 is 52.3 Å². The molecule has 1 aromatic heterocycles. The molecule has 15 heteroatoms. The number of benzene rings is 1. The van der Waals surface area contributed by atoms with Gasteiger partial charge in [0.1, 0.15) is 23.7 Å². The van der Waals surface area contributed by atoms with E-state index in [-0.39, 0.29) is 48.5 Å². The smallest absolute Gasteiger partial charge is 0.418 e. The van der Waals surface area contributed by atoms with E-state index >= 15 is 0 Å². The Balaban J connectivity index is 1.42. The van der Waals surface area contributed by atoms with Crippen molar-refractivity contribution < 1.29 is 42.3 Å². The number of nitrogens with one attached hydrogen (secondary N) is 3. The van der Waals surface area contributed by atoms with Crippen LogP contribution in [0.4, 0.5) is 13.2 Å². The summed E-state index contributed by atoms with van der Waals surface area (Å²) in [5, 5.41) is 17.8. The fourth-order valence-electron chi connectivity index (χ4n) is 6.89. The first-order valence-electron chi connectivity index (χ1n) is 16.7. The lowest BCUT2D eigenvalue weighted by Crippen LogP contribution is -2.60. The van der Waals surface area contributed by atoms with Gasteiger partial charge in [0.2, 0.25) is 23.6 Å². The zero-order valence-electron chi connectivity index (χ0n) is 27.6. The van der Waals surface area contributed by atoms with Gasteiger partial charge < -0.3 is 26.0 Å². The number of carboxylic acids is 1. The fourth-order valence-corrected chi connectivity index (χ4v) is 8.20. The molecule has 266 valence electrons. The Morgan fingerprint density at radius 1 is 1.04 bits per heavy atom. The fraction of sp³-hybridized carbons (Fsp3) is 0.588. The number of likely N-dealkylation sites (tertiary alicyclic amines) is 1. The summed E-state index contributed by atoms with van der Waals surface area (Å²) in [5.41, 5.74) is -2.51. The molecule has 2 saturated carbocycles. The third kappa shape index (κ3) is 8.13. The van der Waals surface area contributed by atoms with Gasteiger partial charge in [-0.15, -0.1) is 11.8 Å². The van der Waals surface area contributed by atoms with E-state index in [0.29, 0.717) is 4.90 Å². The molecule has 0 radical (unpaired) electrons. The Labute approximate surface area is 286 Å². The van der Waals surface area contributed by atoms with Gasteiger partial charge in [0.05, 0.1) is 11.1 Å². The molecule has 3 fully saturated rings. The number of carbonyl (C=O) groups excluding carboxylic acids is 4. The topological polar surface area (TPSA) is 158 Å². The second kappa shape index (κ2) is 14.5. The SMILES string of the molecule is CC(=O)N[C@H](C(=O)N[C@H](C(=O)N1C[C@H](Sc2ccnc3c(C(F)(F)F)cccc23)CC1C(=O)NC1(C(=O)O)CC1)C(C)C)C1CCCCC1. The molecule has 1 aliphatic heterocycles. The molecule has 11 nitrogen and oxygen atoms in total. The first-order valence-corrected chi connectivity index (χ1v) is 17.5. The van der Waals surface area contributed by atoms with Crippen molar-refractivity contribution in [3.63, 3.8) is 0 Å². The van der Waals surface area contributed by atoms with Crippen LogP contribution in [0.5, 0.6) is 0 Å². The molecular weight excluding hydrogens is 663 g/mol. The molecule has 4 amide bonds. The number of aromatic nitrogens is 1. The number of hydrogen-bond donors (Lipinski definition) is 4. The molecule has 1 unspecified atom stereocenters. The molecular formula is C34H42F3N5O6S. The van der Waals surface area contributed by atoms with Crippen molar-refractivity contribution in [3.8, 4) is 0 Å². The number of carbonyl (C=O) groups is 5. The van der Waals surface area contributed by atoms with Gasteiger partial charge in [-0.1, -0.05) is 45.2 Å². The minimum Gasteiger partial charge on any atom is -0.480 e. The van der Waals surface area contributed by atoms with Crippen LogP contribution < -0.4 is 16.0 Å². The second-order valence-corrected chi connectivity index (χ2v) is 15.0. The van der Waals surface area contributed by atoms with E-state index in [2.05, 4.69) is 20.9 Å². The Kier molecular flexibility index (Phi) is 10.8. The van der Waals surface area contributed by atoms with Gasteiger partial charge in [0.15, 0.2) is 0 Å². The average Bonchev–Trinajstić information content (AvgIpc) is 3.71. The molecule has 49 heavy (non-hydrogen) atoms. The minimum absolute atomic E-state index is 0.0152. The average molecular weight is 706 g/mol. The summed E-state index contributed by atoms with van der Waals surface area (Å²) in [6.07, 6.45) is 1.64. The van der Waals surface area contributed by atoms with Crippen LogP contribution in [0.2, 0.25) is 0 Å². The van der Waals surface area contributed by atoms with E-state index in [1.165, 1.54) is 41.9 Å². The van der Waals surface area contributed by atoms with Gasteiger partial charge >= 0.3 is 12.1 Å². The number of carboxylic acid groups (broad SMARTS) is 1. The third-order valence-corrected chi connectivity index (χ3v) is 11.0. The van der Waals surface area contributed by atoms with Crippen molar-refractivity contribution in [1.82, 2.24) is 25.8 Å². The van der Waals surface area contributed by atoms with E-state index < -0.39 is 70.3 Å². The molecule has 1 aromatic carbocycles. The molecule has 2 aliphatic carbocycles. The van der Waals surface area contributed by atoms with Crippen LogP contribution in [0.3, 0.4) is 0 Å². The van der Waals surface area contributed by atoms with Crippen LogP contribution in [-0.2, 0) is 30.1 Å². The first kappa shape index (κ1) is 36.4. The summed E-state index contributed by atoms with van der Waals surface area (Å²) in [6, 6.07) is 2.38. The number of pyridine rings is 1. The van der Waals surface area contributed by atoms with Crippen molar-refractivity contribution in [2.45, 2.75) is 112 Å². The number of alkyl halides is 3. The first-order chi connectivity index (χ1) is 23.1. The van der Waals surface area contributed by atoms with Crippen LogP contribution in [0.1, 0.15) is 77.7 Å². The molecule has 1 saturated heterocycles. The number of fused-ring (bicyclic) bond motifs is 1. The Hall–Kier alpha value is -3.88. The summed E-state index contributed by atoms with van der Waals surface area (Å²) in [4.78, 5) is 71.5. The summed E-state index contributed by atoms with van der Waals surface area (Å²) >= 11 is 1.21. The molecule has 2 heterocycles. The highest BCUT2D eigenvalue weighted by Gasteiger charge is 2.54.